The highest BCUT2D eigenvalue weighted by Crippen LogP contribution is 2.31. The van der Waals surface area contributed by atoms with Crippen molar-refractivity contribution in [2.75, 3.05) is 49.7 Å². The van der Waals surface area contributed by atoms with Crippen LogP contribution >= 0.6 is 0 Å². The van der Waals surface area contributed by atoms with Crippen molar-refractivity contribution in [1.82, 2.24) is 14.9 Å². The molecule has 1 saturated heterocycles. The van der Waals surface area contributed by atoms with E-state index in [1.54, 1.807) is 0 Å². The summed E-state index contributed by atoms with van der Waals surface area (Å²) in [7, 11) is 0. The molecule has 0 bridgehead atoms. The highest BCUT2D eigenvalue weighted by atomic mass is 16.6. The van der Waals surface area contributed by atoms with Crippen LogP contribution in [0.15, 0.2) is 6.33 Å². The van der Waals surface area contributed by atoms with Crippen LogP contribution < -0.4 is 16.2 Å². The van der Waals surface area contributed by atoms with Gasteiger partial charge in [-0.1, -0.05) is 0 Å². The van der Waals surface area contributed by atoms with Gasteiger partial charge in [0.1, 0.15) is 6.33 Å². The molecule has 1 aliphatic heterocycles. The number of β-amino-alcohol motifs (C(OH)–C–C–N with tert-alkyl or cyclic N) is 1. The van der Waals surface area contributed by atoms with Gasteiger partial charge >= 0.3 is 5.69 Å². The molecule has 1 fully saturated rings. The summed E-state index contributed by atoms with van der Waals surface area (Å²) in [6.07, 6.45) is 1.25. The molecule has 0 saturated carbocycles. The van der Waals surface area contributed by atoms with Gasteiger partial charge in [-0.05, 0) is 0 Å². The molecule has 10 nitrogen and oxygen atoms in total. The molecular formula is C10H17N7O3. The normalized spacial score (nSPS) is 16.2. The number of nitrogens with one attached hydrogen (secondary N) is 1. The van der Waals surface area contributed by atoms with Crippen molar-refractivity contribution in [3.8, 4) is 0 Å². The molecule has 0 aliphatic carbocycles. The summed E-state index contributed by atoms with van der Waals surface area (Å²) in [4.78, 5) is 22.3. The fourth-order valence-corrected chi connectivity index (χ4v) is 2.20. The lowest BCUT2D eigenvalue weighted by atomic mass is 10.3. The van der Waals surface area contributed by atoms with Crippen molar-refractivity contribution in [2.24, 2.45) is 5.84 Å². The molecule has 1 aromatic rings. The maximum absolute atomic E-state index is 11.2. The molecule has 1 aliphatic rings. The van der Waals surface area contributed by atoms with Gasteiger partial charge in [0.2, 0.25) is 11.6 Å². The van der Waals surface area contributed by atoms with Crippen molar-refractivity contribution in [3.63, 3.8) is 0 Å². The lowest BCUT2D eigenvalue weighted by Gasteiger charge is -2.34. The number of hydrazine groups is 1. The molecule has 2 heterocycles. The van der Waals surface area contributed by atoms with Crippen LogP contribution in [0.2, 0.25) is 0 Å². The Kier molecular flexibility index (Phi) is 4.61. The van der Waals surface area contributed by atoms with E-state index < -0.39 is 4.92 Å². The number of anilines is 2. The lowest BCUT2D eigenvalue weighted by molar-refractivity contribution is -0.383. The average molecular weight is 283 g/mol. The molecule has 0 radical (unpaired) electrons. The zero-order valence-corrected chi connectivity index (χ0v) is 10.9. The van der Waals surface area contributed by atoms with E-state index >= 15 is 0 Å². The topological polar surface area (TPSA) is 134 Å². The smallest absolute Gasteiger partial charge is 0.354 e. The molecular weight excluding hydrogens is 266 g/mol. The summed E-state index contributed by atoms with van der Waals surface area (Å²) in [5.74, 6) is 5.51. The first kappa shape index (κ1) is 14.4. The van der Waals surface area contributed by atoms with Gasteiger partial charge in [-0.15, -0.1) is 0 Å². The standard InChI is InChI=1S/C10H17N7O3/c11-14-9-8(17(19)20)10(13-7-12-9)16-3-1-15(2-4-16)5-6-18/h7,18H,1-6,11H2,(H,12,13,14). The third kappa shape index (κ3) is 2.92. The second-order valence-electron chi connectivity index (χ2n) is 4.35. The summed E-state index contributed by atoms with van der Waals surface area (Å²) >= 11 is 0. The minimum atomic E-state index is -0.537. The first-order valence-electron chi connectivity index (χ1n) is 6.21. The molecule has 0 spiro atoms. The van der Waals surface area contributed by atoms with E-state index in [1.165, 1.54) is 6.33 Å². The molecule has 0 amide bonds. The number of piperazine rings is 1. The van der Waals surface area contributed by atoms with E-state index in [1.807, 2.05) is 4.90 Å². The van der Waals surface area contributed by atoms with Crippen molar-refractivity contribution in [2.45, 2.75) is 0 Å². The summed E-state index contributed by atoms with van der Waals surface area (Å²) in [5, 5.41) is 20.1. The van der Waals surface area contributed by atoms with E-state index in [9.17, 15) is 10.1 Å². The van der Waals surface area contributed by atoms with Crippen LogP contribution in [0.5, 0.6) is 0 Å². The predicted octanol–water partition coefficient (Wildman–Crippen LogP) is -1.22. The second kappa shape index (κ2) is 6.41. The number of rotatable bonds is 5. The van der Waals surface area contributed by atoms with Crippen molar-refractivity contribution >= 4 is 17.3 Å². The van der Waals surface area contributed by atoms with Crippen LogP contribution in [-0.4, -0.2) is 64.2 Å². The molecule has 0 aromatic carbocycles. The fraction of sp³-hybridized carbons (Fsp3) is 0.600. The van der Waals surface area contributed by atoms with Gasteiger partial charge in [-0.2, -0.15) is 0 Å². The average Bonchev–Trinajstić information content (AvgIpc) is 2.47. The largest absolute Gasteiger partial charge is 0.395 e. The van der Waals surface area contributed by atoms with E-state index in [-0.39, 0.29) is 23.9 Å². The van der Waals surface area contributed by atoms with Crippen LogP contribution in [0.3, 0.4) is 0 Å². The van der Waals surface area contributed by atoms with E-state index in [0.717, 1.165) is 0 Å². The zero-order chi connectivity index (χ0) is 14.5. The molecule has 20 heavy (non-hydrogen) atoms. The van der Waals surface area contributed by atoms with Gasteiger partial charge in [-0.25, -0.2) is 15.8 Å². The zero-order valence-electron chi connectivity index (χ0n) is 10.9. The number of nitrogens with two attached hydrogens (primary N) is 1. The number of nitrogen functional groups attached to an aromatic ring is 1. The molecule has 1 aromatic heterocycles. The second-order valence-corrected chi connectivity index (χ2v) is 4.35. The van der Waals surface area contributed by atoms with Crippen LogP contribution in [0.25, 0.3) is 0 Å². The Balaban J connectivity index is 2.19. The van der Waals surface area contributed by atoms with E-state index in [0.29, 0.717) is 32.7 Å². The molecule has 0 unspecified atom stereocenters. The van der Waals surface area contributed by atoms with Gasteiger partial charge in [-0.3, -0.25) is 15.0 Å². The molecule has 10 heteroatoms. The Hall–Kier alpha value is -2.04. The van der Waals surface area contributed by atoms with E-state index in [2.05, 4.69) is 20.3 Å². The van der Waals surface area contributed by atoms with Crippen LogP contribution in [0.4, 0.5) is 17.3 Å². The molecule has 0 atom stereocenters. The highest BCUT2D eigenvalue weighted by molar-refractivity contribution is 5.70. The minimum Gasteiger partial charge on any atom is -0.395 e. The van der Waals surface area contributed by atoms with Crippen LogP contribution in [0.1, 0.15) is 0 Å². The molecule has 2 rings (SSSR count). The monoisotopic (exact) mass is 283 g/mol. The SMILES string of the molecule is NNc1ncnc(N2CCN(CCO)CC2)c1[N+](=O)[O-]. The third-order valence-corrected chi connectivity index (χ3v) is 3.21. The van der Waals surface area contributed by atoms with Gasteiger partial charge in [0, 0.05) is 32.7 Å². The summed E-state index contributed by atoms with van der Waals surface area (Å²) in [6.45, 7) is 3.34. The number of aliphatic hydroxyl groups excluding tert-OH is 1. The number of aromatic nitrogens is 2. The fourth-order valence-electron chi connectivity index (χ4n) is 2.20. The summed E-state index contributed by atoms with van der Waals surface area (Å²) in [5.41, 5.74) is 2.01. The van der Waals surface area contributed by atoms with Gasteiger partial charge < -0.3 is 15.4 Å². The maximum Gasteiger partial charge on any atom is 0.354 e. The quantitative estimate of drug-likeness (QED) is 0.345. The molecule has 110 valence electrons. The van der Waals surface area contributed by atoms with Gasteiger partial charge in [0.25, 0.3) is 0 Å². The molecule has 4 N–H and O–H groups in total. The van der Waals surface area contributed by atoms with Gasteiger partial charge in [0.05, 0.1) is 11.5 Å². The Morgan fingerprint density at radius 2 is 2.10 bits per heavy atom. The van der Waals surface area contributed by atoms with Crippen LogP contribution in [-0.2, 0) is 0 Å². The van der Waals surface area contributed by atoms with E-state index in [4.69, 9.17) is 10.9 Å². The van der Waals surface area contributed by atoms with Crippen molar-refractivity contribution in [1.29, 1.82) is 0 Å². The third-order valence-electron chi connectivity index (χ3n) is 3.21. The first-order chi connectivity index (χ1) is 9.67. The maximum atomic E-state index is 11.2. The number of nitrogens with zero attached hydrogens (tertiary/aromatic N) is 5. The minimum absolute atomic E-state index is 0.00205. The Morgan fingerprint density at radius 1 is 1.40 bits per heavy atom. The number of hydrogen-bond donors (Lipinski definition) is 3. The number of hydrogen-bond acceptors (Lipinski definition) is 9. The predicted molar refractivity (Wildman–Crippen MR) is 72.2 cm³/mol. The Morgan fingerprint density at radius 3 is 2.65 bits per heavy atom. The Labute approximate surface area is 115 Å². The van der Waals surface area contributed by atoms with Crippen molar-refractivity contribution in [3.05, 3.63) is 16.4 Å². The van der Waals surface area contributed by atoms with Crippen molar-refractivity contribution < 1.29 is 10.0 Å². The number of aliphatic hydroxyl groups is 1. The van der Waals surface area contributed by atoms with Crippen LogP contribution in [0, 0.1) is 10.1 Å². The highest BCUT2D eigenvalue weighted by Gasteiger charge is 2.28. The first-order valence-corrected chi connectivity index (χ1v) is 6.21. The van der Waals surface area contributed by atoms with Gasteiger partial charge in [0.15, 0.2) is 0 Å². The lowest BCUT2D eigenvalue weighted by Crippen LogP contribution is -2.47. The number of nitro groups is 1. The summed E-state index contributed by atoms with van der Waals surface area (Å²) < 4.78 is 0. The Bertz CT molecular complexity index is 476. The summed E-state index contributed by atoms with van der Waals surface area (Å²) in [6, 6.07) is 0.